The minimum absolute atomic E-state index is 0.320. The zero-order chi connectivity index (χ0) is 15.2. The smallest absolute Gasteiger partial charge is 0.335 e. The van der Waals surface area contributed by atoms with Crippen molar-refractivity contribution in [2.24, 2.45) is 0 Å². The summed E-state index contributed by atoms with van der Waals surface area (Å²) in [6.45, 7) is 4.15. The fraction of sp³-hybridized carbons (Fsp3) is 0.294. The number of thioether (sulfide) groups is 1. The van der Waals surface area contributed by atoms with Crippen LogP contribution < -0.4 is 0 Å². The molecule has 2 rings (SSSR count). The van der Waals surface area contributed by atoms with Crippen LogP contribution in [-0.4, -0.2) is 16.1 Å². The lowest BCUT2D eigenvalue weighted by molar-refractivity contribution is 0.0696. The molecule has 21 heavy (non-hydrogen) atoms. The molecule has 0 bridgehead atoms. The van der Waals surface area contributed by atoms with Gasteiger partial charge < -0.3 is 5.11 Å². The fourth-order valence-corrected chi connectivity index (χ4v) is 3.09. The molecule has 0 fully saturated rings. The van der Waals surface area contributed by atoms with Crippen LogP contribution in [0.3, 0.4) is 0 Å². The third-order valence-electron chi connectivity index (χ3n) is 3.24. The summed E-state index contributed by atoms with van der Waals surface area (Å²) >= 11 is 1.58. The minimum atomic E-state index is -0.896. The van der Waals surface area contributed by atoms with Gasteiger partial charge in [0.1, 0.15) is 0 Å². The molecule has 2 aromatic rings. The van der Waals surface area contributed by atoms with E-state index in [1.807, 2.05) is 12.1 Å². The van der Waals surface area contributed by atoms with Crippen molar-refractivity contribution in [1.82, 2.24) is 4.98 Å². The summed E-state index contributed by atoms with van der Waals surface area (Å²) in [5.74, 6) is -0.0959. The summed E-state index contributed by atoms with van der Waals surface area (Å²) in [5, 5.41) is 9.97. The zero-order valence-electron chi connectivity index (χ0n) is 12.3. The minimum Gasteiger partial charge on any atom is -0.478 e. The van der Waals surface area contributed by atoms with Gasteiger partial charge in [0.05, 0.1) is 10.6 Å². The zero-order valence-corrected chi connectivity index (χ0v) is 13.1. The summed E-state index contributed by atoms with van der Waals surface area (Å²) in [7, 11) is 0. The standard InChI is InChI=1S/C17H19NO2S/c1-3-6-15-9-14(17(19)20)10-16(18-15)21-11-13-8-5-4-7-12(13)2/h4-5,7-10H,3,6,11H2,1-2H3,(H,19,20). The number of hydrogen-bond acceptors (Lipinski definition) is 3. The molecule has 4 heteroatoms. The number of carboxylic acids is 1. The molecule has 0 aliphatic heterocycles. The van der Waals surface area contributed by atoms with Crippen LogP contribution in [0, 0.1) is 6.92 Å². The SMILES string of the molecule is CCCc1cc(C(=O)O)cc(SCc2ccccc2C)n1. The van der Waals surface area contributed by atoms with E-state index < -0.39 is 5.97 Å². The van der Waals surface area contributed by atoms with E-state index in [9.17, 15) is 9.90 Å². The number of aromatic nitrogens is 1. The van der Waals surface area contributed by atoms with Crippen LogP contribution in [0.15, 0.2) is 41.4 Å². The average molecular weight is 301 g/mol. The number of aromatic carboxylic acids is 1. The maximum atomic E-state index is 11.2. The molecule has 0 saturated heterocycles. The Bertz CT molecular complexity index is 640. The number of hydrogen-bond donors (Lipinski definition) is 1. The Labute approximate surface area is 129 Å². The van der Waals surface area contributed by atoms with Gasteiger partial charge >= 0.3 is 5.97 Å². The van der Waals surface area contributed by atoms with E-state index in [1.54, 1.807) is 23.9 Å². The number of carboxylic acid groups (broad SMARTS) is 1. The van der Waals surface area contributed by atoms with Crippen molar-refractivity contribution in [2.45, 2.75) is 37.5 Å². The van der Waals surface area contributed by atoms with Crippen molar-refractivity contribution in [3.63, 3.8) is 0 Å². The molecular formula is C17H19NO2S. The quantitative estimate of drug-likeness (QED) is 0.807. The first kappa shape index (κ1) is 15.6. The third kappa shape index (κ3) is 4.33. The molecule has 1 aromatic carbocycles. The second kappa shape index (κ2) is 7.27. The fourth-order valence-electron chi connectivity index (χ4n) is 2.07. The van der Waals surface area contributed by atoms with Crippen LogP contribution in [0.2, 0.25) is 0 Å². The molecule has 3 nitrogen and oxygen atoms in total. The van der Waals surface area contributed by atoms with Crippen molar-refractivity contribution in [2.75, 3.05) is 0 Å². The molecule has 1 N–H and O–H groups in total. The van der Waals surface area contributed by atoms with Gasteiger partial charge in [0, 0.05) is 11.4 Å². The van der Waals surface area contributed by atoms with Crippen LogP contribution in [0.1, 0.15) is 40.5 Å². The van der Waals surface area contributed by atoms with Gasteiger partial charge in [-0.25, -0.2) is 9.78 Å². The molecule has 0 unspecified atom stereocenters. The number of pyridine rings is 1. The van der Waals surface area contributed by atoms with Gasteiger partial charge in [0.25, 0.3) is 0 Å². The molecular weight excluding hydrogens is 282 g/mol. The molecule has 0 saturated carbocycles. The number of nitrogens with zero attached hydrogens (tertiary/aromatic N) is 1. The maximum absolute atomic E-state index is 11.2. The van der Waals surface area contributed by atoms with E-state index in [1.165, 1.54) is 11.1 Å². The first-order valence-electron chi connectivity index (χ1n) is 7.01. The first-order chi connectivity index (χ1) is 10.1. The van der Waals surface area contributed by atoms with Crippen molar-refractivity contribution >= 4 is 17.7 Å². The van der Waals surface area contributed by atoms with Gasteiger partial charge in [-0.05, 0) is 36.6 Å². The third-order valence-corrected chi connectivity index (χ3v) is 4.21. The van der Waals surface area contributed by atoms with Gasteiger partial charge in [0.2, 0.25) is 0 Å². The summed E-state index contributed by atoms with van der Waals surface area (Å²) in [6.07, 6.45) is 1.76. The number of rotatable bonds is 6. The molecule has 1 heterocycles. The van der Waals surface area contributed by atoms with Crippen molar-refractivity contribution in [3.05, 3.63) is 58.8 Å². The number of carbonyl (C=O) groups is 1. The number of aryl methyl sites for hydroxylation is 2. The van der Waals surface area contributed by atoms with E-state index >= 15 is 0 Å². The molecule has 0 aliphatic carbocycles. The monoisotopic (exact) mass is 301 g/mol. The normalized spacial score (nSPS) is 10.6. The maximum Gasteiger partial charge on any atom is 0.335 e. The Morgan fingerprint density at radius 3 is 2.71 bits per heavy atom. The molecule has 0 aliphatic rings. The summed E-state index contributed by atoms with van der Waals surface area (Å²) < 4.78 is 0. The summed E-state index contributed by atoms with van der Waals surface area (Å²) in [4.78, 5) is 15.8. The highest BCUT2D eigenvalue weighted by molar-refractivity contribution is 7.98. The average Bonchev–Trinajstić information content (AvgIpc) is 2.46. The molecule has 0 atom stereocenters. The molecule has 1 aromatic heterocycles. The van der Waals surface area contributed by atoms with Gasteiger partial charge in [-0.1, -0.05) is 37.6 Å². The Morgan fingerprint density at radius 1 is 1.29 bits per heavy atom. The Balaban J connectivity index is 2.19. The molecule has 0 spiro atoms. The predicted molar refractivity (Wildman–Crippen MR) is 85.9 cm³/mol. The molecule has 0 amide bonds. The van der Waals surface area contributed by atoms with Crippen molar-refractivity contribution < 1.29 is 9.90 Å². The predicted octanol–water partition coefficient (Wildman–Crippen LogP) is 4.33. The van der Waals surface area contributed by atoms with Gasteiger partial charge in [-0.15, -0.1) is 11.8 Å². The van der Waals surface area contributed by atoms with E-state index in [4.69, 9.17) is 0 Å². The largest absolute Gasteiger partial charge is 0.478 e. The van der Waals surface area contributed by atoms with Crippen LogP contribution in [-0.2, 0) is 12.2 Å². The Kier molecular flexibility index (Phi) is 5.39. The van der Waals surface area contributed by atoms with E-state index in [-0.39, 0.29) is 0 Å². The van der Waals surface area contributed by atoms with Crippen LogP contribution in [0.5, 0.6) is 0 Å². The lowest BCUT2D eigenvalue weighted by atomic mass is 10.1. The molecule has 0 radical (unpaired) electrons. The lowest BCUT2D eigenvalue weighted by Gasteiger charge is -2.08. The highest BCUT2D eigenvalue weighted by atomic mass is 32.2. The van der Waals surface area contributed by atoms with E-state index in [2.05, 4.69) is 31.0 Å². The van der Waals surface area contributed by atoms with Crippen LogP contribution in [0.25, 0.3) is 0 Å². The van der Waals surface area contributed by atoms with E-state index in [0.717, 1.165) is 29.3 Å². The summed E-state index contributed by atoms with van der Waals surface area (Å²) in [5.41, 5.74) is 3.67. The van der Waals surface area contributed by atoms with Gasteiger partial charge in [-0.2, -0.15) is 0 Å². The van der Waals surface area contributed by atoms with Crippen molar-refractivity contribution in [1.29, 1.82) is 0 Å². The summed E-state index contributed by atoms with van der Waals surface area (Å²) in [6, 6.07) is 11.5. The second-order valence-corrected chi connectivity index (χ2v) is 5.95. The topological polar surface area (TPSA) is 50.2 Å². The first-order valence-corrected chi connectivity index (χ1v) is 8.00. The molecule has 110 valence electrons. The van der Waals surface area contributed by atoms with Gasteiger partial charge in [-0.3, -0.25) is 0 Å². The Hall–Kier alpha value is -1.81. The van der Waals surface area contributed by atoms with Crippen LogP contribution >= 0.6 is 11.8 Å². The van der Waals surface area contributed by atoms with E-state index in [0.29, 0.717) is 5.56 Å². The van der Waals surface area contributed by atoms with Gasteiger partial charge in [0.15, 0.2) is 0 Å². The van der Waals surface area contributed by atoms with Crippen molar-refractivity contribution in [3.8, 4) is 0 Å². The Morgan fingerprint density at radius 2 is 2.05 bits per heavy atom. The number of benzene rings is 1. The highest BCUT2D eigenvalue weighted by Gasteiger charge is 2.09. The second-order valence-electron chi connectivity index (χ2n) is 4.96. The lowest BCUT2D eigenvalue weighted by Crippen LogP contribution is -2.01. The van der Waals surface area contributed by atoms with Crippen LogP contribution in [0.4, 0.5) is 0 Å². The highest BCUT2D eigenvalue weighted by Crippen LogP contribution is 2.24.